The lowest BCUT2D eigenvalue weighted by molar-refractivity contribution is -0.137. The van der Waals surface area contributed by atoms with Crippen LogP contribution in [0.3, 0.4) is 0 Å². The van der Waals surface area contributed by atoms with Gasteiger partial charge in [-0.05, 0) is 31.0 Å². The van der Waals surface area contributed by atoms with Crippen molar-refractivity contribution < 1.29 is 9.32 Å². The first-order valence-corrected chi connectivity index (χ1v) is 10.4. The van der Waals surface area contributed by atoms with E-state index in [0.29, 0.717) is 18.1 Å². The molecule has 2 aliphatic heterocycles. The second-order valence-electron chi connectivity index (χ2n) is 7.40. The number of carbonyl (C=O) groups is 1. The number of aryl methyl sites for hydroxylation is 1. The summed E-state index contributed by atoms with van der Waals surface area (Å²) in [5.41, 5.74) is 6.50. The number of halogens is 1. The Bertz CT molecular complexity index is 1100. The average molecular weight is 467 g/mol. The van der Waals surface area contributed by atoms with Gasteiger partial charge >= 0.3 is 0 Å². The predicted octanol–water partition coefficient (Wildman–Crippen LogP) is 3.41. The van der Waals surface area contributed by atoms with Gasteiger partial charge in [0.25, 0.3) is 5.91 Å². The normalized spacial score (nSPS) is 20.7. The van der Waals surface area contributed by atoms with Crippen LogP contribution in [0, 0.1) is 6.92 Å². The van der Waals surface area contributed by atoms with Gasteiger partial charge in [0.1, 0.15) is 18.9 Å². The fourth-order valence-electron chi connectivity index (χ4n) is 3.63. The second-order valence-corrected chi connectivity index (χ2v) is 8.31. The number of aromatic nitrogens is 2. The van der Waals surface area contributed by atoms with Gasteiger partial charge in [0.05, 0.1) is 6.04 Å². The summed E-state index contributed by atoms with van der Waals surface area (Å²) in [6.07, 6.45) is 2.30. The van der Waals surface area contributed by atoms with E-state index in [1.807, 2.05) is 55.5 Å². The molecule has 8 nitrogen and oxygen atoms in total. The molecule has 2 aromatic carbocycles. The van der Waals surface area contributed by atoms with Gasteiger partial charge in [0.2, 0.25) is 11.7 Å². The van der Waals surface area contributed by atoms with Gasteiger partial charge in [0, 0.05) is 10.0 Å². The molecule has 3 aromatic rings. The van der Waals surface area contributed by atoms with Crippen molar-refractivity contribution in [3.8, 4) is 11.4 Å². The van der Waals surface area contributed by atoms with Gasteiger partial charge in [0.15, 0.2) is 0 Å². The van der Waals surface area contributed by atoms with Crippen molar-refractivity contribution in [2.45, 2.75) is 32.0 Å². The molecular formula is C21H19BrN6O2. The molecule has 3 heterocycles. The molecule has 1 amide bonds. The molecule has 9 heteroatoms. The van der Waals surface area contributed by atoms with Gasteiger partial charge in [-0.25, -0.2) is 10.4 Å². The Morgan fingerprint density at radius 3 is 2.70 bits per heavy atom. The number of benzene rings is 2. The molecule has 1 N–H and O–H groups in total. The van der Waals surface area contributed by atoms with Crippen LogP contribution in [0.15, 0.2) is 62.6 Å². The van der Waals surface area contributed by atoms with E-state index in [4.69, 9.17) is 4.52 Å². The van der Waals surface area contributed by atoms with Crippen LogP contribution in [0.2, 0.25) is 0 Å². The van der Waals surface area contributed by atoms with E-state index in [-0.39, 0.29) is 24.5 Å². The standard InChI is InChI=1S/C21H19BrN6O2/c1-13-2-4-15(5-3-13)20-24-19(30-26-20)11-27-21(29)18-10-17(25-28(18)12-23-27)14-6-8-16(22)9-7-14/h2-9,12,17-18,25H,10-11H2,1H3. The number of hydrazine groups is 1. The molecule has 1 aromatic heterocycles. The number of nitrogens with one attached hydrogen (secondary N) is 1. The zero-order valence-corrected chi connectivity index (χ0v) is 17.8. The molecule has 0 saturated carbocycles. The first-order chi connectivity index (χ1) is 14.6. The molecule has 30 heavy (non-hydrogen) atoms. The molecule has 0 spiro atoms. The monoisotopic (exact) mass is 466 g/mol. The van der Waals surface area contributed by atoms with Crippen LogP contribution < -0.4 is 5.43 Å². The maximum absolute atomic E-state index is 13.0. The minimum atomic E-state index is -0.323. The molecule has 0 bridgehead atoms. The molecule has 1 fully saturated rings. The summed E-state index contributed by atoms with van der Waals surface area (Å²) < 4.78 is 6.37. The summed E-state index contributed by atoms with van der Waals surface area (Å²) in [5.74, 6) is 0.748. The summed E-state index contributed by atoms with van der Waals surface area (Å²) in [4.78, 5) is 17.4. The lowest BCUT2D eigenvalue weighted by Crippen LogP contribution is -2.50. The van der Waals surface area contributed by atoms with Crippen molar-refractivity contribution in [2.75, 3.05) is 0 Å². The number of hydrazone groups is 1. The highest BCUT2D eigenvalue weighted by atomic mass is 79.9. The molecule has 5 rings (SSSR count). The number of nitrogens with zero attached hydrogens (tertiary/aromatic N) is 5. The van der Waals surface area contributed by atoms with E-state index in [1.165, 1.54) is 5.01 Å². The molecule has 2 unspecified atom stereocenters. The third-order valence-electron chi connectivity index (χ3n) is 5.29. The van der Waals surface area contributed by atoms with E-state index in [2.05, 4.69) is 36.6 Å². The van der Waals surface area contributed by atoms with E-state index >= 15 is 0 Å². The van der Waals surface area contributed by atoms with Crippen molar-refractivity contribution >= 4 is 28.2 Å². The molecule has 152 valence electrons. The molecule has 2 aliphatic rings. The zero-order valence-electron chi connectivity index (χ0n) is 16.2. The number of fused-ring (bicyclic) bond motifs is 1. The van der Waals surface area contributed by atoms with Crippen molar-refractivity contribution in [1.82, 2.24) is 25.6 Å². The van der Waals surface area contributed by atoms with E-state index in [1.54, 1.807) is 11.3 Å². The minimum Gasteiger partial charge on any atom is -0.337 e. The van der Waals surface area contributed by atoms with Crippen LogP contribution in [0.1, 0.15) is 29.5 Å². The number of rotatable bonds is 4. The van der Waals surface area contributed by atoms with Crippen molar-refractivity contribution in [2.24, 2.45) is 5.10 Å². The highest BCUT2D eigenvalue weighted by Gasteiger charge is 2.41. The van der Waals surface area contributed by atoms with Crippen molar-refractivity contribution in [3.63, 3.8) is 0 Å². The highest BCUT2D eigenvalue weighted by molar-refractivity contribution is 9.10. The SMILES string of the molecule is Cc1ccc(-c2noc(CN3N=CN4NC(c5ccc(Br)cc5)CC4C3=O)n2)cc1. The lowest BCUT2D eigenvalue weighted by atomic mass is 10.0. The summed E-state index contributed by atoms with van der Waals surface area (Å²) in [6.45, 7) is 2.16. The maximum atomic E-state index is 13.0. The molecule has 0 radical (unpaired) electrons. The number of amides is 1. The maximum Gasteiger partial charge on any atom is 0.267 e. The summed E-state index contributed by atoms with van der Waals surface area (Å²) in [5, 5.41) is 11.5. The molecule has 2 atom stereocenters. The van der Waals surface area contributed by atoms with Crippen molar-refractivity contribution in [3.05, 3.63) is 70.0 Å². The third-order valence-corrected chi connectivity index (χ3v) is 5.82. The van der Waals surface area contributed by atoms with Crippen LogP contribution in [0.5, 0.6) is 0 Å². The fraction of sp³-hybridized carbons (Fsp3) is 0.238. The third kappa shape index (κ3) is 3.61. The van der Waals surface area contributed by atoms with Crippen LogP contribution in [-0.2, 0) is 11.3 Å². The Labute approximate surface area is 181 Å². The number of carbonyl (C=O) groups excluding carboxylic acids is 1. The summed E-state index contributed by atoms with van der Waals surface area (Å²) >= 11 is 3.45. The van der Waals surface area contributed by atoms with Crippen molar-refractivity contribution in [1.29, 1.82) is 0 Å². The van der Waals surface area contributed by atoms with Crippen LogP contribution in [0.25, 0.3) is 11.4 Å². The molecule has 1 saturated heterocycles. The Hall–Kier alpha value is -3.04. The van der Waals surface area contributed by atoms with E-state index in [0.717, 1.165) is 21.2 Å². The predicted molar refractivity (Wildman–Crippen MR) is 114 cm³/mol. The first-order valence-electron chi connectivity index (χ1n) is 9.62. The largest absolute Gasteiger partial charge is 0.337 e. The van der Waals surface area contributed by atoms with E-state index in [9.17, 15) is 4.79 Å². The molecule has 0 aliphatic carbocycles. The topological polar surface area (TPSA) is 86.9 Å². The molecular weight excluding hydrogens is 448 g/mol. The van der Waals surface area contributed by atoms with E-state index < -0.39 is 0 Å². The van der Waals surface area contributed by atoms with Gasteiger partial charge in [-0.15, -0.1) is 0 Å². The van der Waals surface area contributed by atoms with Crippen LogP contribution in [-0.4, -0.2) is 38.4 Å². The second kappa shape index (κ2) is 7.66. The quantitative estimate of drug-likeness (QED) is 0.633. The summed E-state index contributed by atoms with van der Waals surface area (Å²) in [6, 6.07) is 15.7. The van der Waals surface area contributed by atoms with Gasteiger partial charge in [-0.2, -0.15) is 10.1 Å². The highest BCUT2D eigenvalue weighted by Crippen LogP contribution is 2.30. The average Bonchev–Trinajstić information content (AvgIpc) is 3.39. The zero-order chi connectivity index (χ0) is 20.7. The smallest absolute Gasteiger partial charge is 0.267 e. The lowest BCUT2D eigenvalue weighted by Gasteiger charge is -2.29. The Kier molecular flexibility index (Phi) is 4.84. The number of hydrogen-bond acceptors (Lipinski definition) is 7. The summed E-state index contributed by atoms with van der Waals surface area (Å²) in [7, 11) is 0. The van der Waals surface area contributed by atoms with Gasteiger partial charge in [-0.1, -0.05) is 63.0 Å². The Balaban J connectivity index is 1.28. The minimum absolute atomic E-state index is 0.0509. The fourth-order valence-corrected chi connectivity index (χ4v) is 3.90. The van der Waals surface area contributed by atoms with Gasteiger partial charge < -0.3 is 4.52 Å². The van der Waals surface area contributed by atoms with Crippen LogP contribution in [0.4, 0.5) is 0 Å². The van der Waals surface area contributed by atoms with Gasteiger partial charge in [-0.3, -0.25) is 9.80 Å². The number of hydrogen-bond donors (Lipinski definition) is 1. The Morgan fingerprint density at radius 2 is 1.93 bits per heavy atom. The van der Waals surface area contributed by atoms with Crippen LogP contribution >= 0.6 is 15.9 Å². The Morgan fingerprint density at radius 1 is 1.17 bits per heavy atom. The first kappa shape index (κ1) is 19.0.